The summed E-state index contributed by atoms with van der Waals surface area (Å²) in [4.78, 5) is 15.3. The lowest BCUT2D eigenvalue weighted by Gasteiger charge is -2.31. The molecule has 1 aromatic heterocycles. The number of amides is 1. The van der Waals surface area contributed by atoms with Gasteiger partial charge in [-0.15, -0.1) is 0 Å². The average Bonchev–Trinajstić information content (AvgIpc) is 3.05. The number of rotatable bonds is 5. The SMILES string of the molecule is O=C(C[C@H]1CSCCN1)N(Cc1ccsc1)[C@@H]1CC12CCNCC2. The molecule has 1 amide bonds. The first-order valence-corrected chi connectivity index (χ1v) is 11.2. The lowest BCUT2D eigenvalue weighted by Crippen LogP contribution is -2.44. The van der Waals surface area contributed by atoms with Gasteiger partial charge in [-0.05, 0) is 60.2 Å². The van der Waals surface area contributed by atoms with E-state index in [9.17, 15) is 4.79 Å². The Balaban J connectivity index is 1.44. The molecule has 2 saturated heterocycles. The van der Waals surface area contributed by atoms with Crippen LogP contribution in [-0.4, -0.2) is 54.0 Å². The molecule has 1 saturated carbocycles. The van der Waals surface area contributed by atoms with E-state index in [1.54, 1.807) is 11.3 Å². The Bertz CT molecular complexity index is 551. The third-order valence-electron chi connectivity index (χ3n) is 5.80. The number of hydrogen-bond acceptors (Lipinski definition) is 5. The first kappa shape index (κ1) is 16.9. The fourth-order valence-corrected chi connectivity index (χ4v) is 5.87. The van der Waals surface area contributed by atoms with Crippen molar-refractivity contribution in [1.29, 1.82) is 0 Å². The molecule has 3 fully saturated rings. The van der Waals surface area contributed by atoms with Crippen LogP contribution in [0.2, 0.25) is 0 Å². The van der Waals surface area contributed by atoms with Crippen molar-refractivity contribution in [3.05, 3.63) is 22.4 Å². The topological polar surface area (TPSA) is 44.4 Å². The predicted molar refractivity (Wildman–Crippen MR) is 102 cm³/mol. The van der Waals surface area contributed by atoms with Crippen LogP contribution in [0.25, 0.3) is 0 Å². The molecular formula is C18H27N3OS2. The van der Waals surface area contributed by atoms with Gasteiger partial charge in [-0.1, -0.05) is 0 Å². The van der Waals surface area contributed by atoms with Gasteiger partial charge in [-0.25, -0.2) is 0 Å². The first-order valence-electron chi connectivity index (χ1n) is 9.09. The van der Waals surface area contributed by atoms with Crippen molar-refractivity contribution in [3.63, 3.8) is 0 Å². The minimum atomic E-state index is 0.349. The second kappa shape index (κ2) is 7.36. The van der Waals surface area contributed by atoms with Gasteiger partial charge in [0, 0.05) is 43.1 Å². The molecule has 6 heteroatoms. The molecule has 1 spiro atoms. The number of thioether (sulfide) groups is 1. The molecule has 3 aliphatic rings. The summed E-state index contributed by atoms with van der Waals surface area (Å²) >= 11 is 3.69. The monoisotopic (exact) mass is 365 g/mol. The predicted octanol–water partition coefficient (Wildman–Crippen LogP) is 2.31. The van der Waals surface area contributed by atoms with Crippen molar-refractivity contribution in [2.45, 2.75) is 44.3 Å². The molecule has 0 unspecified atom stereocenters. The quantitative estimate of drug-likeness (QED) is 0.840. The van der Waals surface area contributed by atoms with Gasteiger partial charge in [0.25, 0.3) is 0 Å². The van der Waals surface area contributed by atoms with E-state index in [-0.39, 0.29) is 0 Å². The van der Waals surface area contributed by atoms with Gasteiger partial charge in [0.1, 0.15) is 0 Å². The van der Waals surface area contributed by atoms with Gasteiger partial charge < -0.3 is 15.5 Å². The third-order valence-corrected chi connectivity index (χ3v) is 7.66. The van der Waals surface area contributed by atoms with E-state index in [2.05, 4.69) is 32.4 Å². The normalized spacial score (nSPS) is 28.7. The molecular weight excluding hydrogens is 338 g/mol. The van der Waals surface area contributed by atoms with Crippen molar-refractivity contribution in [3.8, 4) is 0 Å². The van der Waals surface area contributed by atoms with Crippen molar-refractivity contribution in [2.75, 3.05) is 31.1 Å². The molecule has 4 nitrogen and oxygen atoms in total. The maximum absolute atomic E-state index is 13.1. The number of nitrogens with one attached hydrogen (secondary N) is 2. The van der Waals surface area contributed by atoms with Crippen LogP contribution < -0.4 is 10.6 Å². The highest BCUT2D eigenvalue weighted by Gasteiger charge is 2.57. The molecule has 24 heavy (non-hydrogen) atoms. The fourth-order valence-electron chi connectivity index (χ4n) is 4.26. The van der Waals surface area contributed by atoms with Gasteiger partial charge in [-0.3, -0.25) is 4.79 Å². The van der Waals surface area contributed by atoms with Crippen LogP contribution in [0, 0.1) is 5.41 Å². The van der Waals surface area contributed by atoms with Gasteiger partial charge in [0.2, 0.25) is 5.91 Å². The Morgan fingerprint density at radius 1 is 1.33 bits per heavy atom. The zero-order valence-electron chi connectivity index (χ0n) is 14.1. The molecule has 132 valence electrons. The number of hydrogen-bond donors (Lipinski definition) is 2. The maximum Gasteiger partial charge on any atom is 0.224 e. The summed E-state index contributed by atoms with van der Waals surface area (Å²) in [6.07, 6.45) is 4.31. The van der Waals surface area contributed by atoms with E-state index in [1.165, 1.54) is 30.6 Å². The molecule has 1 aliphatic carbocycles. The number of thiophene rings is 1. The molecule has 2 N–H and O–H groups in total. The highest BCUT2D eigenvalue weighted by molar-refractivity contribution is 7.99. The summed E-state index contributed by atoms with van der Waals surface area (Å²) < 4.78 is 0. The first-order chi connectivity index (χ1) is 11.8. The van der Waals surface area contributed by atoms with Crippen molar-refractivity contribution < 1.29 is 4.79 Å². The van der Waals surface area contributed by atoms with Crippen LogP contribution in [0.5, 0.6) is 0 Å². The Kier molecular flexibility index (Phi) is 5.18. The van der Waals surface area contributed by atoms with Crippen LogP contribution >= 0.6 is 23.1 Å². The Morgan fingerprint density at radius 2 is 2.21 bits per heavy atom. The maximum atomic E-state index is 13.1. The minimum Gasteiger partial charge on any atom is -0.335 e. The number of carbonyl (C=O) groups excluding carboxylic acids is 1. The van der Waals surface area contributed by atoms with E-state index in [0.717, 1.165) is 31.9 Å². The molecule has 0 radical (unpaired) electrons. The Morgan fingerprint density at radius 3 is 2.92 bits per heavy atom. The smallest absolute Gasteiger partial charge is 0.224 e. The van der Waals surface area contributed by atoms with Gasteiger partial charge in [-0.2, -0.15) is 23.1 Å². The highest BCUT2D eigenvalue weighted by atomic mass is 32.2. The summed E-state index contributed by atoms with van der Waals surface area (Å²) in [5.41, 5.74) is 1.70. The van der Waals surface area contributed by atoms with Crippen LogP contribution in [0.1, 0.15) is 31.2 Å². The number of piperidine rings is 1. The molecule has 1 aromatic rings. The fraction of sp³-hybridized carbons (Fsp3) is 0.722. The van der Waals surface area contributed by atoms with E-state index in [4.69, 9.17) is 0 Å². The Labute approximate surface area is 152 Å². The van der Waals surface area contributed by atoms with E-state index in [1.807, 2.05) is 11.8 Å². The second-order valence-corrected chi connectivity index (χ2v) is 9.35. The number of nitrogens with zero attached hydrogens (tertiary/aromatic N) is 1. The second-order valence-electron chi connectivity index (χ2n) is 7.42. The summed E-state index contributed by atoms with van der Waals surface area (Å²) in [5, 5.41) is 11.3. The van der Waals surface area contributed by atoms with Crippen molar-refractivity contribution in [1.82, 2.24) is 15.5 Å². The molecule has 0 aromatic carbocycles. The molecule has 2 aliphatic heterocycles. The minimum absolute atomic E-state index is 0.349. The zero-order chi connectivity index (χ0) is 16.4. The van der Waals surface area contributed by atoms with Crippen LogP contribution in [0.3, 0.4) is 0 Å². The lowest BCUT2D eigenvalue weighted by atomic mass is 9.93. The summed E-state index contributed by atoms with van der Waals surface area (Å²) in [6, 6.07) is 2.98. The number of carbonyl (C=O) groups is 1. The lowest BCUT2D eigenvalue weighted by molar-refractivity contribution is -0.133. The molecule has 3 heterocycles. The van der Waals surface area contributed by atoms with Gasteiger partial charge in [0.05, 0.1) is 0 Å². The summed E-state index contributed by atoms with van der Waals surface area (Å²) in [6.45, 7) is 4.05. The van der Waals surface area contributed by atoms with Gasteiger partial charge >= 0.3 is 0 Å². The van der Waals surface area contributed by atoms with Crippen LogP contribution in [0.15, 0.2) is 16.8 Å². The molecule has 2 atom stereocenters. The van der Waals surface area contributed by atoms with E-state index >= 15 is 0 Å². The third kappa shape index (κ3) is 3.66. The molecule has 4 rings (SSSR count). The molecule has 0 bridgehead atoms. The van der Waals surface area contributed by atoms with Crippen LogP contribution in [0.4, 0.5) is 0 Å². The highest BCUT2D eigenvalue weighted by Crippen LogP contribution is 2.56. The van der Waals surface area contributed by atoms with Crippen molar-refractivity contribution >= 4 is 29.0 Å². The van der Waals surface area contributed by atoms with Gasteiger partial charge in [0.15, 0.2) is 0 Å². The standard InChI is InChI=1S/C18H27N3OS2/c22-17(9-15-13-24-8-6-20-15)21(11-14-1-7-23-12-14)16-10-18(16)2-4-19-5-3-18/h1,7,12,15-16,19-20H,2-6,8-11,13H2/t15-,16+/m0/s1. The van der Waals surface area contributed by atoms with Crippen LogP contribution in [-0.2, 0) is 11.3 Å². The average molecular weight is 366 g/mol. The summed E-state index contributed by atoms with van der Waals surface area (Å²) in [7, 11) is 0. The summed E-state index contributed by atoms with van der Waals surface area (Å²) in [5.74, 6) is 2.58. The Hall–Kier alpha value is -0.560. The largest absolute Gasteiger partial charge is 0.335 e. The van der Waals surface area contributed by atoms with E-state index < -0.39 is 0 Å². The van der Waals surface area contributed by atoms with E-state index in [0.29, 0.717) is 29.8 Å². The zero-order valence-corrected chi connectivity index (χ0v) is 15.8. The van der Waals surface area contributed by atoms with Crippen molar-refractivity contribution in [2.24, 2.45) is 5.41 Å².